The Labute approximate surface area is 125 Å². The van der Waals surface area contributed by atoms with Gasteiger partial charge in [-0.05, 0) is 31.7 Å². The molecule has 4 heteroatoms. The average Bonchev–Trinajstić information content (AvgIpc) is 3.03. The molecule has 2 aliphatic carbocycles. The summed E-state index contributed by atoms with van der Waals surface area (Å²) in [6.07, 6.45) is 0.322. The van der Waals surface area contributed by atoms with Gasteiger partial charge in [0.1, 0.15) is 6.10 Å². The molecular weight excluding hydrogens is 268 g/mol. The highest BCUT2D eigenvalue weighted by Gasteiger charge is 2.75. The van der Waals surface area contributed by atoms with Gasteiger partial charge >= 0.3 is 0 Å². The first kappa shape index (κ1) is 13.7. The Morgan fingerprint density at radius 1 is 1.24 bits per heavy atom. The van der Waals surface area contributed by atoms with E-state index in [2.05, 4.69) is 12.1 Å². The summed E-state index contributed by atoms with van der Waals surface area (Å²) in [4.78, 5) is 0. The Bertz CT molecular complexity index is 529. The Morgan fingerprint density at radius 3 is 2.76 bits per heavy atom. The zero-order valence-corrected chi connectivity index (χ0v) is 12.5. The first-order valence-electron chi connectivity index (χ1n) is 7.67. The maximum Gasteiger partial charge on any atom is 0.163 e. The van der Waals surface area contributed by atoms with Crippen LogP contribution in [0.2, 0.25) is 0 Å². The van der Waals surface area contributed by atoms with E-state index in [4.69, 9.17) is 14.2 Å². The Kier molecular flexibility index (Phi) is 2.95. The summed E-state index contributed by atoms with van der Waals surface area (Å²) >= 11 is 0. The van der Waals surface area contributed by atoms with Crippen LogP contribution in [0.5, 0.6) is 0 Å². The van der Waals surface area contributed by atoms with Crippen LogP contribution >= 0.6 is 0 Å². The minimum atomic E-state index is -0.601. The molecule has 114 valence electrons. The summed E-state index contributed by atoms with van der Waals surface area (Å²) < 4.78 is 17.8. The van der Waals surface area contributed by atoms with Crippen molar-refractivity contribution in [2.75, 3.05) is 6.61 Å². The quantitative estimate of drug-likeness (QED) is 0.922. The standard InChI is InChI=1S/C17H22O4/c1-16(2)20-14-13(18)12-8-17(12,15(14)21-16)10-19-9-11-6-4-3-5-7-11/h3-7,12-15,18H,8-10H2,1-2H3/t12-,13+,14+,15+,17?/m1/s1. The van der Waals surface area contributed by atoms with Crippen LogP contribution in [-0.2, 0) is 20.8 Å². The number of ether oxygens (including phenoxy) is 3. The lowest BCUT2D eigenvalue weighted by molar-refractivity contribution is -0.170. The maximum absolute atomic E-state index is 10.4. The predicted octanol–water partition coefficient (Wildman–Crippen LogP) is 2.10. The number of aliphatic hydroxyl groups is 1. The van der Waals surface area contributed by atoms with Gasteiger partial charge in [-0.25, -0.2) is 0 Å². The van der Waals surface area contributed by atoms with Crippen molar-refractivity contribution >= 4 is 0 Å². The molecule has 5 atom stereocenters. The van der Waals surface area contributed by atoms with Crippen LogP contribution in [0.1, 0.15) is 25.8 Å². The monoisotopic (exact) mass is 290 g/mol. The largest absolute Gasteiger partial charge is 0.390 e. The van der Waals surface area contributed by atoms with Crippen molar-refractivity contribution in [3.05, 3.63) is 35.9 Å². The highest BCUT2D eigenvalue weighted by molar-refractivity contribution is 5.22. The molecule has 21 heavy (non-hydrogen) atoms. The summed E-state index contributed by atoms with van der Waals surface area (Å²) in [6.45, 7) is 5.05. The smallest absolute Gasteiger partial charge is 0.163 e. The van der Waals surface area contributed by atoms with Gasteiger partial charge < -0.3 is 19.3 Å². The first-order valence-corrected chi connectivity index (χ1v) is 7.67. The van der Waals surface area contributed by atoms with Gasteiger partial charge in [-0.15, -0.1) is 0 Å². The second kappa shape index (κ2) is 4.53. The number of hydrogen-bond donors (Lipinski definition) is 1. The molecule has 1 aliphatic heterocycles. The second-order valence-electron chi connectivity index (χ2n) is 7.03. The summed E-state index contributed by atoms with van der Waals surface area (Å²) in [5.41, 5.74) is 1.12. The van der Waals surface area contributed by atoms with Crippen LogP contribution in [0.25, 0.3) is 0 Å². The third-order valence-electron chi connectivity index (χ3n) is 5.11. The van der Waals surface area contributed by atoms with E-state index in [1.165, 1.54) is 5.56 Å². The molecule has 0 radical (unpaired) electrons. The minimum absolute atomic E-state index is 0.0386. The van der Waals surface area contributed by atoms with Crippen LogP contribution in [-0.4, -0.2) is 35.8 Å². The van der Waals surface area contributed by atoms with E-state index in [9.17, 15) is 5.11 Å². The fourth-order valence-corrected chi connectivity index (χ4v) is 4.03. The van der Waals surface area contributed by atoms with E-state index >= 15 is 0 Å². The van der Waals surface area contributed by atoms with Gasteiger partial charge in [0.15, 0.2) is 5.79 Å². The van der Waals surface area contributed by atoms with Crippen LogP contribution in [0, 0.1) is 11.3 Å². The van der Waals surface area contributed by atoms with Gasteiger partial charge in [0.25, 0.3) is 0 Å². The molecule has 1 saturated heterocycles. The number of rotatable bonds is 4. The SMILES string of the molecule is CC1(C)O[C@H]2[C@@H](O)[C@H]3CC3(COCc3ccccc3)[C@H]2O1. The predicted molar refractivity (Wildman–Crippen MR) is 76.5 cm³/mol. The molecule has 0 amide bonds. The molecule has 3 fully saturated rings. The van der Waals surface area contributed by atoms with Gasteiger partial charge in [0.05, 0.1) is 25.4 Å². The first-order chi connectivity index (χ1) is 10.0. The molecule has 1 heterocycles. The van der Waals surface area contributed by atoms with Crippen molar-refractivity contribution in [3.8, 4) is 0 Å². The van der Waals surface area contributed by atoms with Crippen molar-refractivity contribution in [3.63, 3.8) is 0 Å². The number of aliphatic hydroxyl groups excluding tert-OH is 1. The molecule has 0 bridgehead atoms. The molecule has 0 aromatic heterocycles. The van der Waals surface area contributed by atoms with Crippen molar-refractivity contribution in [2.45, 2.75) is 51.0 Å². The summed E-state index contributed by atoms with van der Waals surface area (Å²) in [5, 5.41) is 10.4. The molecule has 1 N–H and O–H groups in total. The lowest BCUT2D eigenvalue weighted by atomic mass is 10.0. The van der Waals surface area contributed by atoms with Crippen molar-refractivity contribution in [1.29, 1.82) is 0 Å². The molecule has 1 aromatic rings. The van der Waals surface area contributed by atoms with Crippen LogP contribution < -0.4 is 0 Å². The highest BCUT2D eigenvalue weighted by atomic mass is 16.8. The average molecular weight is 290 g/mol. The van der Waals surface area contributed by atoms with Gasteiger partial charge in [-0.1, -0.05) is 30.3 Å². The lowest BCUT2D eigenvalue weighted by Gasteiger charge is -2.23. The van der Waals surface area contributed by atoms with Crippen molar-refractivity contribution in [2.24, 2.45) is 11.3 Å². The van der Waals surface area contributed by atoms with E-state index in [0.29, 0.717) is 13.2 Å². The minimum Gasteiger partial charge on any atom is -0.390 e. The second-order valence-corrected chi connectivity index (χ2v) is 7.03. The third-order valence-corrected chi connectivity index (χ3v) is 5.11. The number of benzene rings is 1. The van der Waals surface area contributed by atoms with Crippen molar-refractivity contribution < 1.29 is 19.3 Å². The molecule has 1 unspecified atom stereocenters. The molecule has 1 aromatic carbocycles. The van der Waals surface area contributed by atoms with Crippen LogP contribution in [0.15, 0.2) is 30.3 Å². The van der Waals surface area contributed by atoms with Gasteiger partial charge in [0.2, 0.25) is 0 Å². The molecule has 3 aliphatic rings. The van der Waals surface area contributed by atoms with Gasteiger partial charge in [-0.3, -0.25) is 0 Å². The van der Waals surface area contributed by atoms with Crippen molar-refractivity contribution in [1.82, 2.24) is 0 Å². The Hall–Kier alpha value is -0.940. The third kappa shape index (κ3) is 2.13. The normalized spacial score (nSPS) is 42.6. The number of fused-ring (bicyclic) bond motifs is 3. The molecule has 4 rings (SSSR count). The topological polar surface area (TPSA) is 47.9 Å². The van der Waals surface area contributed by atoms with E-state index in [1.807, 2.05) is 32.0 Å². The van der Waals surface area contributed by atoms with Crippen LogP contribution in [0.3, 0.4) is 0 Å². The highest BCUT2D eigenvalue weighted by Crippen LogP contribution is 2.67. The van der Waals surface area contributed by atoms with Crippen LogP contribution in [0.4, 0.5) is 0 Å². The summed E-state index contributed by atoms with van der Waals surface area (Å²) in [6, 6.07) is 10.2. The van der Waals surface area contributed by atoms with Gasteiger partial charge in [0, 0.05) is 5.41 Å². The number of hydrogen-bond acceptors (Lipinski definition) is 4. The Morgan fingerprint density at radius 2 is 2.00 bits per heavy atom. The summed E-state index contributed by atoms with van der Waals surface area (Å²) in [7, 11) is 0. The lowest BCUT2D eigenvalue weighted by Crippen LogP contribution is -2.34. The van der Waals surface area contributed by atoms with Gasteiger partial charge in [-0.2, -0.15) is 0 Å². The molecule has 0 spiro atoms. The molecule has 2 saturated carbocycles. The molecule has 4 nitrogen and oxygen atoms in total. The maximum atomic E-state index is 10.4. The fourth-order valence-electron chi connectivity index (χ4n) is 4.03. The van der Waals surface area contributed by atoms with E-state index in [-0.39, 0.29) is 23.5 Å². The van der Waals surface area contributed by atoms with E-state index in [0.717, 1.165) is 6.42 Å². The fraction of sp³-hybridized carbons (Fsp3) is 0.647. The zero-order chi connectivity index (χ0) is 14.7. The summed E-state index contributed by atoms with van der Waals surface area (Å²) in [5.74, 6) is -0.338. The zero-order valence-electron chi connectivity index (χ0n) is 12.5. The molecular formula is C17H22O4. The van der Waals surface area contributed by atoms with E-state index in [1.54, 1.807) is 0 Å². The van der Waals surface area contributed by atoms with E-state index < -0.39 is 11.9 Å². The Balaban J connectivity index is 1.42.